The van der Waals surface area contributed by atoms with E-state index in [0.717, 1.165) is 12.1 Å². The highest BCUT2D eigenvalue weighted by atomic mass is 32.1. The number of hydrogen-bond donors (Lipinski definition) is 0. The minimum absolute atomic E-state index is 0.642. The molecule has 0 spiro atoms. The highest BCUT2D eigenvalue weighted by Gasteiger charge is 2.34. The molecule has 0 amide bonds. The predicted octanol–water partition coefficient (Wildman–Crippen LogP) is 5.69. The maximum Gasteiger partial charge on any atom is 0.243 e. The molecule has 0 aromatic heterocycles. The largest absolute Gasteiger partial charge is 0.536 e. The van der Waals surface area contributed by atoms with Crippen LogP contribution in [-0.4, -0.2) is 34.1 Å². The van der Waals surface area contributed by atoms with Gasteiger partial charge in [-0.05, 0) is 37.4 Å². The van der Waals surface area contributed by atoms with Crippen molar-refractivity contribution in [1.82, 2.24) is 4.23 Å². The zero-order valence-corrected chi connectivity index (χ0v) is 20.1. The zero-order valence-electron chi connectivity index (χ0n) is 16.3. The molecule has 23 heavy (non-hydrogen) atoms. The maximum atomic E-state index is 5.93. The molecular weight excluding hydrogens is 351 g/mol. The molecule has 0 aliphatic heterocycles. The van der Waals surface area contributed by atoms with Gasteiger partial charge in [0, 0.05) is 12.1 Å². The summed E-state index contributed by atoms with van der Waals surface area (Å²) in [5.41, 5.74) is 2.40. The van der Waals surface area contributed by atoms with Crippen molar-refractivity contribution >= 4 is 42.1 Å². The number of hydrogen-bond acceptors (Lipinski definition) is 3. The minimum atomic E-state index is -1.63. The predicted molar refractivity (Wildman–Crippen MR) is 115 cm³/mol. The topological polar surface area (TPSA) is 12.5 Å². The zero-order chi connectivity index (χ0) is 18.1. The second kappa shape index (κ2) is 7.31. The smallest absolute Gasteiger partial charge is 0.243 e. The Morgan fingerprint density at radius 3 is 1.65 bits per heavy atom. The van der Waals surface area contributed by atoms with Gasteiger partial charge in [-0.25, -0.2) is 0 Å². The van der Waals surface area contributed by atoms with E-state index in [1.54, 1.807) is 0 Å². The molecule has 6 heteroatoms. The Morgan fingerprint density at radius 2 is 1.30 bits per heavy atom. The first-order chi connectivity index (χ1) is 10.2. The van der Waals surface area contributed by atoms with E-state index in [1.807, 2.05) is 0 Å². The molecular formula is C17H33NOSSi3. The molecule has 0 atom stereocenters. The summed E-state index contributed by atoms with van der Waals surface area (Å²) in [7, 11) is -4.27. The van der Waals surface area contributed by atoms with Crippen LogP contribution in [0.25, 0.3) is 0 Å². The van der Waals surface area contributed by atoms with E-state index in [9.17, 15) is 0 Å². The average Bonchev–Trinajstić information content (AvgIpc) is 2.31. The lowest BCUT2D eigenvalue weighted by Crippen LogP contribution is -2.58. The van der Waals surface area contributed by atoms with E-state index in [4.69, 9.17) is 16.6 Å². The van der Waals surface area contributed by atoms with Crippen LogP contribution in [0.4, 0.5) is 0 Å². The van der Waals surface area contributed by atoms with E-state index < -0.39 is 24.8 Å². The number of nitrogens with zero attached hydrogens (tertiary/aromatic N) is 1. The normalized spacial score (nSPS) is 13.3. The maximum absolute atomic E-state index is 5.93. The highest BCUT2D eigenvalue weighted by molar-refractivity contribution is 7.80. The van der Waals surface area contributed by atoms with Crippen molar-refractivity contribution in [3.05, 3.63) is 35.4 Å². The van der Waals surface area contributed by atoms with Gasteiger partial charge < -0.3 is 8.66 Å². The molecule has 130 valence electrons. The summed E-state index contributed by atoms with van der Waals surface area (Å²) in [5, 5.41) is 0.642. The fraction of sp³-hybridized carbons (Fsp3) is 0.588. The standard InChI is InChI=1S/C17H33NOSSi3/c1-21(2,3)18(22(4,5)6)14-15-10-12-16(13-11-15)17(20)19-23(7,8)9/h10-13H,14H2,1-9H3. The van der Waals surface area contributed by atoms with Crippen LogP contribution in [0.1, 0.15) is 11.1 Å². The lowest BCUT2D eigenvalue weighted by Gasteiger charge is -2.43. The summed E-state index contributed by atoms with van der Waals surface area (Å²) < 4.78 is 8.72. The SMILES string of the molecule is C[Si](C)(C)OC(=S)c1ccc(CN([Si](C)(C)C)[Si](C)(C)C)cc1. The summed E-state index contributed by atoms with van der Waals surface area (Å²) in [5.74, 6) is 0. The number of benzene rings is 1. The molecule has 1 rings (SSSR count). The highest BCUT2D eigenvalue weighted by Crippen LogP contribution is 2.23. The fourth-order valence-electron chi connectivity index (χ4n) is 2.75. The Morgan fingerprint density at radius 1 is 0.870 bits per heavy atom. The monoisotopic (exact) mass is 383 g/mol. The van der Waals surface area contributed by atoms with E-state index >= 15 is 0 Å². The van der Waals surface area contributed by atoms with Crippen LogP contribution in [0.15, 0.2) is 24.3 Å². The molecule has 0 saturated carbocycles. The Bertz CT molecular complexity index is 525. The third kappa shape index (κ3) is 7.01. The Hall–Kier alpha value is -0.279. The average molecular weight is 384 g/mol. The van der Waals surface area contributed by atoms with Crippen molar-refractivity contribution in [3.8, 4) is 0 Å². The molecule has 0 unspecified atom stereocenters. The molecule has 0 bridgehead atoms. The molecule has 0 aliphatic rings. The van der Waals surface area contributed by atoms with E-state index in [2.05, 4.69) is 87.4 Å². The van der Waals surface area contributed by atoms with Gasteiger partial charge in [0.1, 0.15) is 16.5 Å². The third-order valence-corrected chi connectivity index (χ3v) is 12.4. The minimum Gasteiger partial charge on any atom is -0.536 e. The molecule has 0 N–H and O–H groups in total. The molecule has 1 aromatic rings. The Kier molecular flexibility index (Phi) is 6.60. The van der Waals surface area contributed by atoms with Gasteiger partial charge in [0.2, 0.25) is 8.32 Å². The lowest BCUT2D eigenvalue weighted by molar-refractivity contribution is 0.568. The van der Waals surface area contributed by atoms with Crippen molar-refractivity contribution in [3.63, 3.8) is 0 Å². The van der Waals surface area contributed by atoms with Crippen LogP contribution >= 0.6 is 12.2 Å². The molecule has 0 heterocycles. The molecule has 0 fully saturated rings. The van der Waals surface area contributed by atoms with Crippen LogP contribution in [0.5, 0.6) is 0 Å². The van der Waals surface area contributed by atoms with Gasteiger partial charge >= 0.3 is 0 Å². The van der Waals surface area contributed by atoms with Crippen molar-refractivity contribution in [2.45, 2.75) is 65.5 Å². The first-order valence-electron chi connectivity index (χ1n) is 8.30. The Labute approximate surface area is 151 Å². The van der Waals surface area contributed by atoms with Crippen molar-refractivity contribution in [1.29, 1.82) is 0 Å². The van der Waals surface area contributed by atoms with Crippen LogP contribution in [0.2, 0.25) is 58.9 Å². The van der Waals surface area contributed by atoms with Gasteiger partial charge in [0.05, 0.1) is 0 Å². The van der Waals surface area contributed by atoms with Gasteiger partial charge in [-0.15, -0.1) is 0 Å². The summed E-state index contributed by atoms with van der Waals surface area (Å²) in [6.07, 6.45) is 0. The van der Waals surface area contributed by atoms with Gasteiger partial charge in [0.25, 0.3) is 0 Å². The van der Waals surface area contributed by atoms with Crippen molar-refractivity contribution < 1.29 is 4.43 Å². The van der Waals surface area contributed by atoms with Crippen LogP contribution < -0.4 is 0 Å². The fourth-order valence-corrected chi connectivity index (χ4v) is 13.7. The second-order valence-corrected chi connectivity index (χ2v) is 24.1. The molecule has 1 aromatic carbocycles. The second-order valence-electron chi connectivity index (χ2n) is 9.13. The molecule has 0 saturated heterocycles. The summed E-state index contributed by atoms with van der Waals surface area (Å²) in [6.45, 7) is 22.2. The van der Waals surface area contributed by atoms with E-state index in [-0.39, 0.29) is 0 Å². The van der Waals surface area contributed by atoms with Gasteiger partial charge in [-0.3, -0.25) is 0 Å². The van der Waals surface area contributed by atoms with Crippen molar-refractivity contribution in [2.24, 2.45) is 0 Å². The summed E-state index contributed by atoms with van der Waals surface area (Å²) in [6, 6.07) is 8.65. The van der Waals surface area contributed by atoms with Crippen LogP contribution in [0, 0.1) is 0 Å². The summed E-state index contributed by atoms with van der Waals surface area (Å²) in [4.78, 5) is 0. The van der Waals surface area contributed by atoms with Crippen LogP contribution in [0.3, 0.4) is 0 Å². The van der Waals surface area contributed by atoms with Gasteiger partial charge in [0.15, 0.2) is 5.05 Å². The third-order valence-electron chi connectivity index (χ3n) is 3.55. The van der Waals surface area contributed by atoms with E-state index in [0.29, 0.717) is 5.05 Å². The Balaban J connectivity index is 2.90. The van der Waals surface area contributed by atoms with Gasteiger partial charge in [-0.1, -0.05) is 63.5 Å². The van der Waals surface area contributed by atoms with E-state index in [1.165, 1.54) is 5.56 Å². The molecule has 0 aliphatic carbocycles. The molecule has 0 radical (unpaired) electrons. The molecule has 2 nitrogen and oxygen atoms in total. The quantitative estimate of drug-likeness (QED) is 0.463. The summed E-state index contributed by atoms with van der Waals surface area (Å²) >= 11 is 5.43. The number of rotatable bonds is 6. The number of thiocarbonyl (C=S) groups is 1. The van der Waals surface area contributed by atoms with Gasteiger partial charge in [-0.2, -0.15) is 0 Å². The lowest BCUT2D eigenvalue weighted by atomic mass is 10.1. The van der Waals surface area contributed by atoms with Crippen molar-refractivity contribution in [2.75, 3.05) is 0 Å². The first kappa shape index (κ1) is 20.8. The first-order valence-corrected chi connectivity index (χ1v) is 19.0. The van der Waals surface area contributed by atoms with Crippen LogP contribution in [-0.2, 0) is 11.0 Å².